The Hall–Kier alpha value is -4.38. The monoisotopic (exact) mass is 542 g/mol. The third kappa shape index (κ3) is 4.45. The molecule has 0 atom stereocenters. The molecule has 0 bridgehead atoms. The first kappa shape index (κ1) is 25.9. The van der Waals surface area contributed by atoms with Crippen LogP contribution in [0.1, 0.15) is 38.1 Å². The van der Waals surface area contributed by atoms with E-state index in [4.69, 9.17) is 10.5 Å². The molecule has 1 aliphatic heterocycles. The Balaban J connectivity index is 1.39. The highest BCUT2D eigenvalue weighted by Gasteiger charge is 2.42. The van der Waals surface area contributed by atoms with Gasteiger partial charge in [0, 0.05) is 48.3 Å². The quantitative estimate of drug-likeness (QED) is 0.349. The van der Waals surface area contributed by atoms with E-state index in [1.165, 1.54) is 18.5 Å². The maximum Gasteiger partial charge on any atom is 0.322 e. The van der Waals surface area contributed by atoms with E-state index in [0.29, 0.717) is 29.4 Å². The first-order valence-electron chi connectivity index (χ1n) is 13.2. The molecule has 3 N–H and O–H groups in total. The molecule has 0 unspecified atom stereocenters. The van der Waals surface area contributed by atoms with Crippen molar-refractivity contribution in [3.63, 3.8) is 0 Å². The van der Waals surface area contributed by atoms with Gasteiger partial charge in [-0.25, -0.2) is 24.3 Å². The van der Waals surface area contributed by atoms with Gasteiger partial charge in [-0.1, -0.05) is 12.6 Å². The van der Waals surface area contributed by atoms with Gasteiger partial charge in [0.1, 0.15) is 17.8 Å². The molecule has 0 radical (unpaired) electrons. The van der Waals surface area contributed by atoms with E-state index >= 15 is 4.39 Å². The standard InChI is InChI=1S/C29H31FN8O2/c1-5-23(39)36-18-11-19(12-18)37-13-21-24(25-26(31)33-15-34-27(25)38(21)29(3,4)14-37)17-6-7-22(20(30)10-17)40-28-32-9-8-16(2)35-28/h5-10,15,18-19H,1,11-14H2,2-4H3,(H,36,39)(H2,31,33,34). The number of hydrogen-bond acceptors (Lipinski definition) is 8. The molecule has 1 aliphatic carbocycles. The Bertz CT molecular complexity index is 1640. The summed E-state index contributed by atoms with van der Waals surface area (Å²) in [5.74, 6) is -0.325. The van der Waals surface area contributed by atoms with E-state index in [9.17, 15) is 4.79 Å². The van der Waals surface area contributed by atoms with Crippen molar-refractivity contribution in [1.82, 2.24) is 34.7 Å². The second-order valence-electron chi connectivity index (χ2n) is 11.1. The number of anilines is 1. The number of amides is 1. The molecule has 2 aliphatic rings. The Morgan fingerprint density at radius 3 is 2.77 bits per heavy atom. The molecule has 11 heteroatoms. The smallest absolute Gasteiger partial charge is 0.322 e. The summed E-state index contributed by atoms with van der Waals surface area (Å²) in [6, 6.07) is 7.10. The van der Waals surface area contributed by atoms with Crippen molar-refractivity contribution >= 4 is 22.8 Å². The molecular weight excluding hydrogens is 511 g/mol. The Labute approximate surface area is 231 Å². The van der Waals surface area contributed by atoms with Crippen molar-refractivity contribution in [1.29, 1.82) is 0 Å². The number of rotatable bonds is 6. The average molecular weight is 543 g/mol. The van der Waals surface area contributed by atoms with Crippen molar-refractivity contribution in [2.24, 2.45) is 0 Å². The third-order valence-corrected chi connectivity index (χ3v) is 7.78. The number of aryl methyl sites for hydroxylation is 1. The molecule has 10 nitrogen and oxygen atoms in total. The van der Waals surface area contributed by atoms with E-state index in [1.807, 2.05) is 13.0 Å². The van der Waals surface area contributed by atoms with Crippen LogP contribution in [0.3, 0.4) is 0 Å². The highest BCUT2D eigenvalue weighted by atomic mass is 19.1. The lowest BCUT2D eigenvalue weighted by molar-refractivity contribution is -0.118. The number of aromatic nitrogens is 5. The number of nitrogens with two attached hydrogens (primary N) is 1. The first-order chi connectivity index (χ1) is 19.1. The topological polar surface area (TPSA) is 124 Å². The highest BCUT2D eigenvalue weighted by molar-refractivity contribution is 6.02. The van der Waals surface area contributed by atoms with Crippen LogP contribution in [-0.2, 0) is 16.9 Å². The molecule has 0 spiro atoms. The molecule has 3 aromatic heterocycles. The predicted octanol–water partition coefficient (Wildman–Crippen LogP) is 4.09. The van der Waals surface area contributed by atoms with E-state index in [0.717, 1.165) is 42.0 Å². The summed E-state index contributed by atoms with van der Waals surface area (Å²) in [6.45, 7) is 11.1. The van der Waals surface area contributed by atoms with Gasteiger partial charge in [0.25, 0.3) is 0 Å². The lowest BCUT2D eigenvalue weighted by Gasteiger charge is -2.49. The minimum Gasteiger partial charge on any atom is -0.421 e. The zero-order valence-electron chi connectivity index (χ0n) is 22.7. The van der Waals surface area contributed by atoms with Gasteiger partial charge in [0.05, 0.1) is 10.9 Å². The normalized spacial score (nSPS) is 20.0. The zero-order chi connectivity index (χ0) is 28.2. The fraction of sp³-hybridized carbons (Fsp3) is 0.345. The van der Waals surface area contributed by atoms with Gasteiger partial charge < -0.3 is 20.4 Å². The summed E-state index contributed by atoms with van der Waals surface area (Å²) in [6.07, 6.45) is 6.05. The highest BCUT2D eigenvalue weighted by Crippen LogP contribution is 2.45. The van der Waals surface area contributed by atoms with Crippen LogP contribution in [0.4, 0.5) is 10.2 Å². The number of ether oxygens (including phenoxy) is 1. The van der Waals surface area contributed by atoms with Crippen LogP contribution >= 0.6 is 0 Å². The van der Waals surface area contributed by atoms with Gasteiger partial charge in [-0.3, -0.25) is 9.69 Å². The van der Waals surface area contributed by atoms with E-state index in [-0.39, 0.29) is 29.2 Å². The van der Waals surface area contributed by atoms with Crippen molar-refractivity contribution in [3.8, 4) is 22.9 Å². The summed E-state index contributed by atoms with van der Waals surface area (Å²) < 4.78 is 23.3. The van der Waals surface area contributed by atoms with Crippen molar-refractivity contribution in [2.45, 2.75) is 57.8 Å². The molecule has 1 amide bonds. The first-order valence-corrected chi connectivity index (χ1v) is 13.2. The van der Waals surface area contributed by atoms with E-state index < -0.39 is 5.82 Å². The van der Waals surface area contributed by atoms with Crippen LogP contribution in [0.5, 0.6) is 11.8 Å². The number of carbonyl (C=O) groups excluding carboxylic acids is 1. The number of fused-ring (bicyclic) bond motifs is 3. The van der Waals surface area contributed by atoms with Crippen LogP contribution in [0.15, 0.2) is 49.4 Å². The number of nitrogens with one attached hydrogen (secondary N) is 1. The summed E-state index contributed by atoms with van der Waals surface area (Å²) in [5.41, 5.74) is 9.99. The van der Waals surface area contributed by atoms with Gasteiger partial charge in [-0.2, -0.15) is 0 Å². The van der Waals surface area contributed by atoms with Gasteiger partial charge >= 0.3 is 6.01 Å². The molecule has 4 aromatic rings. The van der Waals surface area contributed by atoms with Crippen LogP contribution in [0.25, 0.3) is 22.2 Å². The van der Waals surface area contributed by atoms with Crippen molar-refractivity contribution < 1.29 is 13.9 Å². The molecule has 40 heavy (non-hydrogen) atoms. The molecule has 4 heterocycles. The molecule has 0 saturated heterocycles. The van der Waals surface area contributed by atoms with Gasteiger partial charge in [0.2, 0.25) is 5.91 Å². The number of halogens is 1. The van der Waals surface area contributed by atoms with Crippen molar-refractivity contribution in [3.05, 3.63) is 66.6 Å². The second kappa shape index (κ2) is 9.67. The Kier molecular flexibility index (Phi) is 6.25. The molecular formula is C29H31FN8O2. The number of benzene rings is 1. The maximum absolute atomic E-state index is 15.5. The number of nitrogen functional groups attached to an aromatic ring is 1. The molecule has 1 aromatic carbocycles. The zero-order valence-corrected chi connectivity index (χ0v) is 22.7. The lowest BCUT2D eigenvalue weighted by atomic mass is 9.83. The second-order valence-corrected chi connectivity index (χ2v) is 11.1. The van der Waals surface area contributed by atoms with E-state index in [1.54, 1.807) is 18.3 Å². The number of nitrogens with zero attached hydrogens (tertiary/aromatic N) is 6. The Morgan fingerprint density at radius 1 is 1.25 bits per heavy atom. The average Bonchev–Trinajstić information content (AvgIpc) is 3.23. The third-order valence-electron chi connectivity index (χ3n) is 7.78. The SMILES string of the molecule is C=CC(=O)NC1CC(N2Cc3c(-c4ccc(Oc5nccc(C)n5)c(F)c4)c4c(N)ncnc4n3C(C)(C)C2)C1. The van der Waals surface area contributed by atoms with Crippen molar-refractivity contribution in [2.75, 3.05) is 12.3 Å². The summed E-state index contributed by atoms with van der Waals surface area (Å²) in [4.78, 5) is 31.3. The lowest BCUT2D eigenvalue weighted by Crippen LogP contribution is -2.58. The fourth-order valence-electron chi connectivity index (χ4n) is 5.95. The van der Waals surface area contributed by atoms with Crippen LogP contribution in [0, 0.1) is 12.7 Å². The summed E-state index contributed by atoms with van der Waals surface area (Å²) in [7, 11) is 0. The summed E-state index contributed by atoms with van der Waals surface area (Å²) >= 11 is 0. The molecule has 1 fully saturated rings. The summed E-state index contributed by atoms with van der Waals surface area (Å²) in [5, 5.41) is 3.69. The van der Waals surface area contributed by atoms with E-state index in [2.05, 4.69) is 55.1 Å². The van der Waals surface area contributed by atoms with Gasteiger partial charge in [0.15, 0.2) is 11.6 Å². The Morgan fingerprint density at radius 2 is 2.05 bits per heavy atom. The fourth-order valence-corrected chi connectivity index (χ4v) is 5.95. The van der Waals surface area contributed by atoms with Crippen LogP contribution in [-0.4, -0.2) is 53.9 Å². The predicted molar refractivity (Wildman–Crippen MR) is 149 cm³/mol. The molecule has 6 rings (SSSR count). The van der Waals surface area contributed by atoms with Gasteiger partial charge in [-0.15, -0.1) is 0 Å². The largest absolute Gasteiger partial charge is 0.421 e. The van der Waals surface area contributed by atoms with Crippen LogP contribution in [0.2, 0.25) is 0 Å². The minimum atomic E-state index is -0.544. The maximum atomic E-state index is 15.5. The number of carbonyl (C=O) groups is 1. The minimum absolute atomic E-state index is 0.0278. The van der Waals surface area contributed by atoms with Crippen LogP contribution < -0.4 is 15.8 Å². The molecule has 206 valence electrons. The van der Waals surface area contributed by atoms with Gasteiger partial charge in [-0.05, 0) is 63.5 Å². The number of hydrogen-bond donors (Lipinski definition) is 2. The molecule has 1 saturated carbocycles.